The highest BCUT2D eigenvalue weighted by Gasteiger charge is 2.53. The van der Waals surface area contributed by atoms with E-state index in [1.54, 1.807) is 0 Å². The fourth-order valence-electron chi connectivity index (χ4n) is 4.90. The van der Waals surface area contributed by atoms with Crippen LogP contribution in [0.25, 0.3) is 20.9 Å². The number of nitrogens with one attached hydrogen (secondary N) is 2. The van der Waals surface area contributed by atoms with Gasteiger partial charge in [-0.3, -0.25) is 23.9 Å². The number of esters is 1. The van der Waals surface area contributed by atoms with Crippen molar-refractivity contribution in [2.45, 2.75) is 26.9 Å². The van der Waals surface area contributed by atoms with Gasteiger partial charge in [-0.1, -0.05) is 29.5 Å². The molecule has 0 aromatic heterocycles. The maximum Gasteiger partial charge on any atom is 0.326 e. The molecule has 18 nitrogen and oxygen atoms in total. The summed E-state index contributed by atoms with van der Waals surface area (Å²) in [5, 5.41) is 18.8. The van der Waals surface area contributed by atoms with Crippen LogP contribution >= 0.6 is 0 Å². The lowest BCUT2D eigenvalue weighted by molar-refractivity contribution is -0.238. The number of aliphatic carboxylic acids is 1. The summed E-state index contributed by atoms with van der Waals surface area (Å²) in [6, 6.07) is 0. The Labute approximate surface area is 331 Å². The molecule has 2 aliphatic rings. The van der Waals surface area contributed by atoms with Gasteiger partial charge < -0.3 is 39.4 Å². The first-order valence-corrected chi connectivity index (χ1v) is 15.6. The van der Waals surface area contributed by atoms with Gasteiger partial charge in [0.05, 0.1) is 57.3 Å². The summed E-state index contributed by atoms with van der Waals surface area (Å²) in [6.07, 6.45) is 5.92. The van der Waals surface area contributed by atoms with E-state index in [0.29, 0.717) is 0 Å². The molecule has 0 aliphatic carbocycles. The molecular weight excluding hydrogens is 839 g/mol. The zero-order chi connectivity index (χ0) is 43.5. The number of amides is 2. The number of carbonyl (C=O) groups excluding carboxylic acids is 3. The van der Waals surface area contributed by atoms with E-state index in [-0.39, 0.29) is 31.8 Å². The minimum absolute atomic E-state index is 0. The van der Waals surface area contributed by atoms with Gasteiger partial charge in [0.1, 0.15) is 11.4 Å². The van der Waals surface area contributed by atoms with Crippen LogP contribution in [0.3, 0.4) is 0 Å². The average Bonchev–Trinajstić information content (AvgIpc) is 3.21. The van der Waals surface area contributed by atoms with Gasteiger partial charge in [-0.05, 0) is 18.0 Å². The Morgan fingerprint density at radius 2 is 1.03 bits per heavy atom. The Kier molecular flexibility index (Phi) is 18.7. The quantitative estimate of drug-likeness (QED) is 0.0380. The summed E-state index contributed by atoms with van der Waals surface area (Å²) < 4.78 is 137. The van der Waals surface area contributed by atoms with Crippen LogP contribution in [0.1, 0.15) is 38.1 Å². The topological polar surface area (TPSA) is 256 Å². The maximum absolute atomic E-state index is 14.3. The fourth-order valence-corrected chi connectivity index (χ4v) is 4.90. The van der Waals surface area contributed by atoms with Gasteiger partial charge in [-0.15, -0.1) is 12.8 Å². The van der Waals surface area contributed by atoms with Crippen LogP contribution < -0.4 is 10.6 Å². The highest BCUT2D eigenvalue weighted by molar-refractivity contribution is 6.03. The van der Waals surface area contributed by atoms with Crippen LogP contribution in [0.2, 0.25) is 0 Å². The minimum atomic E-state index is -2.30. The van der Waals surface area contributed by atoms with Crippen molar-refractivity contribution in [1.29, 1.82) is 0 Å². The molecule has 4 rings (SSSR count). The molecule has 3 N–H and O–H groups in total. The van der Waals surface area contributed by atoms with Crippen LogP contribution in [0, 0.1) is 82.1 Å². The maximum atomic E-state index is 14.3. The molecule has 0 radical (unpaired) electrons. The summed E-state index contributed by atoms with van der Waals surface area (Å²) in [5.74, 6) is -16.3. The van der Waals surface area contributed by atoms with Crippen LogP contribution in [0.5, 0.6) is 0 Å². The fraction of sp³-hybridized carbons (Fsp3) is 0.394. The summed E-state index contributed by atoms with van der Waals surface area (Å²) in [7, 11) is 0. The third kappa shape index (κ3) is 9.92. The second-order valence-electron chi connectivity index (χ2n) is 11.3. The number of hydrogen-bond acceptors (Lipinski definition) is 11. The molecule has 2 fully saturated rings. The van der Waals surface area contributed by atoms with Crippen LogP contribution in [0.15, 0.2) is 10.2 Å². The highest BCUT2D eigenvalue weighted by Crippen LogP contribution is 2.41. The molecule has 2 aromatic carbocycles. The van der Waals surface area contributed by atoms with E-state index in [4.69, 9.17) is 47.6 Å². The SMILES string of the molecule is C.C#CCNC(=O)C1(C(=O)O)COC(c2c(F)c(F)c(N=[N+]=[N-])c(F)c2F)OC1.C#CCNC(=O)C1(C(=O)OCC)COC(c2c(F)c(F)c(N=[N+]=[N-])c(F)c2F)OC1.F. The van der Waals surface area contributed by atoms with E-state index >= 15 is 0 Å². The van der Waals surface area contributed by atoms with E-state index < -0.39 is 143 Å². The number of halogens is 9. The number of azide groups is 2. The molecule has 27 heteroatoms. The predicted octanol–water partition coefficient (Wildman–Crippen LogP) is 5.37. The van der Waals surface area contributed by atoms with E-state index in [0.717, 1.165) is 0 Å². The minimum Gasteiger partial charge on any atom is -0.480 e. The summed E-state index contributed by atoms with van der Waals surface area (Å²) in [4.78, 5) is 52.4. The van der Waals surface area contributed by atoms with Crippen LogP contribution in [-0.4, -0.2) is 75.0 Å². The molecule has 324 valence electrons. The summed E-state index contributed by atoms with van der Waals surface area (Å²) in [6.45, 7) is -2.66. The number of rotatable bonds is 11. The number of terminal acetylenes is 2. The van der Waals surface area contributed by atoms with Crippen molar-refractivity contribution in [1.82, 2.24) is 10.6 Å². The van der Waals surface area contributed by atoms with E-state index in [1.807, 2.05) is 5.92 Å². The zero-order valence-electron chi connectivity index (χ0n) is 29.5. The van der Waals surface area contributed by atoms with Crippen molar-refractivity contribution in [2.24, 2.45) is 21.1 Å². The smallest absolute Gasteiger partial charge is 0.326 e. The number of carboxylic acids is 1. The lowest BCUT2D eigenvalue weighted by Crippen LogP contribution is -2.56. The molecule has 2 saturated heterocycles. The first-order valence-electron chi connectivity index (χ1n) is 15.6. The predicted molar refractivity (Wildman–Crippen MR) is 182 cm³/mol. The third-order valence-corrected chi connectivity index (χ3v) is 7.88. The van der Waals surface area contributed by atoms with Gasteiger partial charge >= 0.3 is 11.9 Å². The van der Waals surface area contributed by atoms with E-state index in [1.165, 1.54) is 6.92 Å². The number of carboxylic acid groups (broad SMARTS) is 1. The number of carbonyl (C=O) groups is 4. The Balaban J connectivity index is 0.000000582. The average molecular weight is 869 g/mol. The molecule has 0 bridgehead atoms. The molecule has 2 aromatic rings. The van der Waals surface area contributed by atoms with Crippen LogP contribution in [-0.2, 0) is 42.9 Å². The molecule has 0 atom stereocenters. The molecule has 2 amide bonds. The molecular formula is C33H29F9N8O10. The Morgan fingerprint density at radius 3 is 1.32 bits per heavy atom. The summed E-state index contributed by atoms with van der Waals surface area (Å²) >= 11 is 0. The first kappa shape index (κ1) is 51.3. The second kappa shape index (κ2) is 21.9. The molecule has 0 saturated carbocycles. The van der Waals surface area contributed by atoms with Gasteiger partial charge in [-0.2, -0.15) is 0 Å². The van der Waals surface area contributed by atoms with Gasteiger partial charge in [0.2, 0.25) is 11.8 Å². The monoisotopic (exact) mass is 868 g/mol. The number of benzene rings is 2. The van der Waals surface area contributed by atoms with Crippen molar-refractivity contribution in [3.8, 4) is 24.7 Å². The van der Waals surface area contributed by atoms with Crippen molar-refractivity contribution in [3.63, 3.8) is 0 Å². The largest absolute Gasteiger partial charge is 0.480 e. The Bertz CT molecular complexity index is 2120. The van der Waals surface area contributed by atoms with E-state index in [2.05, 4.69) is 36.6 Å². The van der Waals surface area contributed by atoms with Crippen molar-refractivity contribution >= 4 is 35.1 Å². The number of hydrogen-bond donors (Lipinski definition) is 3. The van der Waals surface area contributed by atoms with Gasteiger partial charge in [-0.25, -0.2) is 35.1 Å². The summed E-state index contributed by atoms with van der Waals surface area (Å²) in [5.41, 5.74) is 6.41. The molecule has 2 heterocycles. The number of nitrogens with zero attached hydrogens (tertiary/aromatic N) is 6. The van der Waals surface area contributed by atoms with Crippen molar-refractivity contribution in [3.05, 3.63) is 78.6 Å². The number of ether oxygens (including phenoxy) is 5. The normalized spacial score (nSPS) is 20.2. The van der Waals surface area contributed by atoms with Crippen LogP contribution in [0.4, 0.5) is 51.2 Å². The van der Waals surface area contributed by atoms with Crippen molar-refractivity contribution < 1.29 is 87.8 Å². The molecule has 2 aliphatic heterocycles. The molecule has 0 spiro atoms. The third-order valence-electron chi connectivity index (χ3n) is 7.88. The Hall–Kier alpha value is -6.73. The Morgan fingerprint density at radius 1 is 0.717 bits per heavy atom. The molecule has 0 unspecified atom stereocenters. The highest BCUT2D eigenvalue weighted by atomic mass is 19.2. The molecule has 60 heavy (non-hydrogen) atoms. The van der Waals surface area contributed by atoms with E-state index in [9.17, 15) is 59.4 Å². The van der Waals surface area contributed by atoms with Crippen molar-refractivity contribution in [2.75, 3.05) is 46.1 Å². The lowest BCUT2D eigenvalue weighted by Gasteiger charge is -2.36. The standard InChI is InChI=1S/C17H14F4N4O5.C15H10F4N4O5.CH4.FH/c1-3-5-23-15(26)17(16(27)28-4-2)6-29-14(30-7-17)8-9(18)11(20)13(24-25-22)12(21)10(8)19;1-2-3-21-13(24)15(14(25)26)4-27-12(28-5-15)6-7(16)9(18)11(22-23-20)10(19)8(6)17;;/h1,14H,4-7H2,2H3,(H,23,26);1,12H,3-5H2,(H,21,24)(H,25,26);1H4;1H. The first-order chi connectivity index (χ1) is 27.5. The lowest BCUT2D eigenvalue weighted by atomic mass is 9.87. The zero-order valence-corrected chi connectivity index (χ0v) is 29.5. The van der Waals surface area contributed by atoms with Gasteiger partial charge in [0.25, 0.3) is 0 Å². The van der Waals surface area contributed by atoms with Gasteiger partial charge in [0, 0.05) is 9.82 Å². The van der Waals surface area contributed by atoms with Gasteiger partial charge in [0.15, 0.2) is 69.9 Å². The second-order valence-corrected chi connectivity index (χ2v) is 11.3.